The van der Waals surface area contributed by atoms with Gasteiger partial charge in [0.05, 0.1) is 4.47 Å². The number of methoxy groups -OCH3 is 1. The Balaban J connectivity index is 2.60. The summed E-state index contributed by atoms with van der Waals surface area (Å²) in [5.74, 6) is -0.720. The molecule has 0 aliphatic rings. The largest absolute Gasteiger partial charge is 0.385 e. The Kier molecular flexibility index (Phi) is 5.58. The van der Waals surface area contributed by atoms with E-state index in [-0.39, 0.29) is 11.9 Å². The topological polar surface area (TPSA) is 38.3 Å². The first-order valence-corrected chi connectivity index (χ1v) is 6.08. The normalized spacial score (nSPS) is 12.2. The molecule has 0 aromatic heterocycles. The summed E-state index contributed by atoms with van der Waals surface area (Å²) in [6.07, 6.45) is 0.723. The molecular weight excluding hydrogens is 289 g/mol. The van der Waals surface area contributed by atoms with Crippen molar-refractivity contribution in [2.75, 3.05) is 13.7 Å². The van der Waals surface area contributed by atoms with Crippen LogP contribution in [0.25, 0.3) is 0 Å². The molecule has 0 heterocycles. The van der Waals surface area contributed by atoms with Crippen LogP contribution in [0, 0.1) is 5.82 Å². The van der Waals surface area contributed by atoms with Crippen LogP contribution in [-0.4, -0.2) is 25.7 Å². The van der Waals surface area contributed by atoms with E-state index in [4.69, 9.17) is 4.74 Å². The van der Waals surface area contributed by atoms with Crippen molar-refractivity contribution in [3.05, 3.63) is 34.1 Å². The van der Waals surface area contributed by atoms with E-state index >= 15 is 0 Å². The third-order valence-corrected chi connectivity index (χ3v) is 2.96. The van der Waals surface area contributed by atoms with E-state index in [0.29, 0.717) is 16.6 Å². The predicted octanol–water partition coefficient (Wildman–Crippen LogP) is 2.74. The molecule has 17 heavy (non-hydrogen) atoms. The molecule has 5 heteroatoms. The number of amides is 1. The number of benzene rings is 1. The summed E-state index contributed by atoms with van der Waals surface area (Å²) in [7, 11) is 1.61. The fourth-order valence-corrected chi connectivity index (χ4v) is 1.56. The highest BCUT2D eigenvalue weighted by molar-refractivity contribution is 9.10. The molecule has 1 atom stereocenters. The van der Waals surface area contributed by atoms with E-state index in [1.165, 1.54) is 12.1 Å². The fourth-order valence-electron chi connectivity index (χ4n) is 1.31. The first-order valence-electron chi connectivity index (χ1n) is 5.29. The van der Waals surface area contributed by atoms with Gasteiger partial charge in [-0.1, -0.05) is 0 Å². The first-order chi connectivity index (χ1) is 8.04. The zero-order valence-electron chi connectivity index (χ0n) is 9.80. The second-order valence-corrected chi connectivity index (χ2v) is 4.64. The lowest BCUT2D eigenvalue weighted by Gasteiger charge is -2.13. The monoisotopic (exact) mass is 303 g/mol. The Morgan fingerprint density at radius 2 is 2.29 bits per heavy atom. The summed E-state index contributed by atoms with van der Waals surface area (Å²) in [5, 5.41) is 2.78. The standard InChI is InChI=1S/C12H15BrFNO2/c1-8(5-6-17-2)15-12(16)9-3-4-10(13)11(14)7-9/h3-4,7-8H,5-6H2,1-2H3,(H,15,16). The second-order valence-electron chi connectivity index (χ2n) is 3.78. The van der Waals surface area contributed by atoms with Crippen LogP contribution in [0.2, 0.25) is 0 Å². The molecule has 0 bridgehead atoms. The van der Waals surface area contributed by atoms with Gasteiger partial charge in [0.15, 0.2) is 0 Å². The van der Waals surface area contributed by atoms with Gasteiger partial charge in [-0.05, 0) is 47.5 Å². The molecule has 1 aromatic carbocycles. The fraction of sp³-hybridized carbons (Fsp3) is 0.417. The van der Waals surface area contributed by atoms with Crippen LogP contribution >= 0.6 is 15.9 Å². The third-order valence-electron chi connectivity index (χ3n) is 2.31. The zero-order valence-corrected chi connectivity index (χ0v) is 11.4. The van der Waals surface area contributed by atoms with Gasteiger partial charge in [0.2, 0.25) is 0 Å². The van der Waals surface area contributed by atoms with Gasteiger partial charge in [-0.3, -0.25) is 4.79 Å². The van der Waals surface area contributed by atoms with Crippen molar-refractivity contribution in [2.45, 2.75) is 19.4 Å². The molecule has 0 fully saturated rings. The molecule has 0 saturated carbocycles. The molecule has 1 rings (SSSR count). The summed E-state index contributed by atoms with van der Waals surface area (Å²) >= 11 is 3.04. The Morgan fingerprint density at radius 3 is 2.88 bits per heavy atom. The van der Waals surface area contributed by atoms with Crippen molar-refractivity contribution in [3.8, 4) is 0 Å². The van der Waals surface area contributed by atoms with Gasteiger partial charge in [-0.15, -0.1) is 0 Å². The van der Waals surface area contributed by atoms with Gasteiger partial charge < -0.3 is 10.1 Å². The van der Waals surface area contributed by atoms with Crippen LogP contribution in [0.4, 0.5) is 4.39 Å². The maximum atomic E-state index is 13.2. The number of hydrogen-bond acceptors (Lipinski definition) is 2. The lowest BCUT2D eigenvalue weighted by molar-refractivity contribution is 0.0929. The van der Waals surface area contributed by atoms with Crippen LogP contribution in [0.5, 0.6) is 0 Å². The van der Waals surface area contributed by atoms with E-state index in [0.717, 1.165) is 6.42 Å². The van der Waals surface area contributed by atoms with Crippen molar-refractivity contribution in [1.29, 1.82) is 0 Å². The van der Waals surface area contributed by atoms with Gasteiger partial charge >= 0.3 is 0 Å². The summed E-state index contributed by atoms with van der Waals surface area (Å²) < 4.78 is 18.5. The van der Waals surface area contributed by atoms with E-state index in [1.807, 2.05) is 6.92 Å². The van der Waals surface area contributed by atoms with Crippen molar-refractivity contribution >= 4 is 21.8 Å². The van der Waals surface area contributed by atoms with E-state index in [1.54, 1.807) is 13.2 Å². The summed E-state index contributed by atoms with van der Waals surface area (Å²) in [4.78, 5) is 11.7. The smallest absolute Gasteiger partial charge is 0.251 e. The number of hydrogen-bond donors (Lipinski definition) is 1. The van der Waals surface area contributed by atoms with E-state index in [9.17, 15) is 9.18 Å². The molecule has 94 valence electrons. The van der Waals surface area contributed by atoms with Crippen LogP contribution in [-0.2, 0) is 4.74 Å². The van der Waals surface area contributed by atoms with Gasteiger partial charge in [-0.25, -0.2) is 4.39 Å². The lowest BCUT2D eigenvalue weighted by Crippen LogP contribution is -2.33. The Bertz CT molecular complexity index is 398. The highest BCUT2D eigenvalue weighted by atomic mass is 79.9. The molecule has 0 saturated heterocycles. The molecule has 1 unspecified atom stereocenters. The Hall–Kier alpha value is -0.940. The molecule has 0 radical (unpaired) electrons. The molecule has 1 amide bonds. The van der Waals surface area contributed by atoms with E-state index < -0.39 is 5.82 Å². The molecule has 3 nitrogen and oxygen atoms in total. The quantitative estimate of drug-likeness (QED) is 0.908. The Labute approximate surface area is 108 Å². The maximum Gasteiger partial charge on any atom is 0.251 e. The highest BCUT2D eigenvalue weighted by Gasteiger charge is 2.11. The van der Waals surface area contributed by atoms with Crippen molar-refractivity contribution in [2.24, 2.45) is 0 Å². The SMILES string of the molecule is COCCC(C)NC(=O)c1ccc(Br)c(F)c1. The highest BCUT2D eigenvalue weighted by Crippen LogP contribution is 2.16. The van der Waals surface area contributed by atoms with Crippen molar-refractivity contribution < 1.29 is 13.9 Å². The molecule has 1 N–H and O–H groups in total. The lowest BCUT2D eigenvalue weighted by atomic mass is 10.2. The van der Waals surface area contributed by atoms with Crippen LogP contribution in [0.3, 0.4) is 0 Å². The molecule has 0 spiro atoms. The Morgan fingerprint density at radius 1 is 1.59 bits per heavy atom. The number of rotatable bonds is 5. The molecule has 0 aliphatic carbocycles. The van der Waals surface area contributed by atoms with Gasteiger partial charge in [0, 0.05) is 25.3 Å². The number of carbonyl (C=O) groups is 1. The summed E-state index contributed by atoms with van der Waals surface area (Å²) in [5.41, 5.74) is 0.315. The predicted molar refractivity (Wildman–Crippen MR) is 67.5 cm³/mol. The molecule has 1 aromatic rings. The van der Waals surface area contributed by atoms with Crippen molar-refractivity contribution in [1.82, 2.24) is 5.32 Å². The minimum Gasteiger partial charge on any atom is -0.385 e. The van der Waals surface area contributed by atoms with Gasteiger partial charge in [-0.2, -0.15) is 0 Å². The second kappa shape index (κ2) is 6.71. The minimum absolute atomic E-state index is 0.00541. The maximum absolute atomic E-state index is 13.2. The van der Waals surface area contributed by atoms with Crippen molar-refractivity contribution in [3.63, 3.8) is 0 Å². The average Bonchev–Trinajstić information content (AvgIpc) is 2.30. The number of carbonyl (C=O) groups excluding carboxylic acids is 1. The van der Waals surface area contributed by atoms with Gasteiger partial charge in [0.1, 0.15) is 5.82 Å². The summed E-state index contributed by atoms with van der Waals surface area (Å²) in [6, 6.07) is 4.30. The number of ether oxygens (including phenoxy) is 1. The minimum atomic E-state index is -0.442. The summed E-state index contributed by atoms with van der Waals surface area (Å²) in [6.45, 7) is 2.46. The third kappa shape index (κ3) is 4.44. The zero-order chi connectivity index (χ0) is 12.8. The number of halogens is 2. The van der Waals surface area contributed by atoms with E-state index in [2.05, 4.69) is 21.2 Å². The van der Waals surface area contributed by atoms with Gasteiger partial charge in [0.25, 0.3) is 5.91 Å². The number of nitrogens with one attached hydrogen (secondary N) is 1. The molecule has 0 aliphatic heterocycles. The first kappa shape index (κ1) is 14.1. The average molecular weight is 304 g/mol. The van der Waals surface area contributed by atoms with Crippen LogP contribution in [0.1, 0.15) is 23.7 Å². The van der Waals surface area contributed by atoms with Crippen LogP contribution < -0.4 is 5.32 Å². The molecular formula is C12H15BrFNO2. The van der Waals surface area contributed by atoms with Crippen LogP contribution in [0.15, 0.2) is 22.7 Å².